The molecule has 1 aliphatic carbocycles. The van der Waals surface area contributed by atoms with E-state index in [9.17, 15) is 4.79 Å². The number of nitrogens with zero attached hydrogens (tertiary/aromatic N) is 1. The zero-order chi connectivity index (χ0) is 15.6. The smallest absolute Gasteiger partial charge is 0.142 e. The molecule has 114 valence electrons. The van der Waals surface area contributed by atoms with Crippen LogP contribution < -0.4 is 0 Å². The normalized spacial score (nSPS) is 22.0. The van der Waals surface area contributed by atoms with Crippen LogP contribution in [-0.2, 0) is 4.79 Å². The van der Waals surface area contributed by atoms with Gasteiger partial charge < -0.3 is 0 Å². The molecule has 22 heavy (non-hydrogen) atoms. The lowest BCUT2D eigenvalue weighted by Crippen LogP contribution is -2.12. The summed E-state index contributed by atoms with van der Waals surface area (Å²) in [7, 11) is 0. The van der Waals surface area contributed by atoms with Crippen LogP contribution in [0.2, 0.25) is 0 Å². The molecule has 1 aliphatic rings. The topological polar surface area (TPSA) is 40.9 Å². The van der Waals surface area contributed by atoms with Crippen LogP contribution in [0.5, 0.6) is 0 Å². The molecule has 1 aromatic rings. The van der Waals surface area contributed by atoms with Crippen LogP contribution in [0.3, 0.4) is 0 Å². The van der Waals surface area contributed by atoms with Gasteiger partial charge in [-0.3, -0.25) is 4.79 Å². The maximum Gasteiger partial charge on any atom is 0.142 e. The van der Waals surface area contributed by atoms with Gasteiger partial charge in [-0.2, -0.15) is 5.26 Å². The Morgan fingerprint density at radius 3 is 2.50 bits per heavy atom. The SMILES string of the molecule is N#Cc1ccc(/C=C/C2CCC(CCC=CC=O)CC2)cc1. The Labute approximate surface area is 133 Å². The van der Waals surface area contributed by atoms with E-state index in [4.69, 9.17) is 5.26 Å². The largest absolute Gasteiger partial charge is 0.299 e. The highest BCUT2D eigenvalue weighted by Gasteiger charge is 2.18. The van der Waals surface area contributed by atoms with Crippen molar-refractivity contribution >= 4 is 12.4 Å². The number of carbonyl (C=O) groups is 1. The molecule has 1 saturated carbocycles. The molecular formula is C20H23NO. The third-order valence-electron chi connectivity index (χ3n) is 4.45. The molecule has 0 heterocycles. The maximum atomic E-state index is 10.2. The molecule has 0 amide bonds. The second kappa shape index (κ2) is 9.00. The summed E-state index contributed by atoms with van der Waals surface area (Å²) in [5.74, 6) is 1.49. The fourth-order valence-corrected chi connectivity index (χ4v) is 3.07. The van der Waals surface area contributed by atoms with Crippen molar-refractivity contribution in [1.82, 2.24) is 0 Å². The summed E-state index contributed by atoms with van der Waals surface area (Å²) in [4.78, 5) is 10.2. The second-order valence-electron chi connectivity index (χ2n) is 6.02. The van der Waals surface area contributed by atoms with Gasteiger partial charge in [-0.15, -0.1) is 0 Å². The van der Waals surface area contributed by atoms with Crippen LogP contribution >= 0.6 is 0 Å². The minimum Gasteiger partial charge on any atom is -0.299 e. The molecule has 2 heteroatoms. The first-order valence-electron chi connectivity index (χ1n) is 8.10. The van der Waals surface area contributed by atoms with E-state index in [-0.39, 0.29) is 0 Å². The summed E-state index contributed by atoms with van der Waals surface area (Å²) in [6.07, 6.45) is 16.3. The van der Waals surface area contributed by atoms with Crippen LogP contribution in [0.25, 0.3) is 6.08 Å². The molecule has 2 rings (SSSR count). The number of aldehydes is 1. The van der Waals surface area contributed by atoms with Gasteiger partial charge in [-0.25, -0.2) is 0 Å². The fraction of sp³-hybridized carbons (Fsp3) is 0.400. The van der Waals surface area contributed by atoms with E-state index in [1.54, 1.807) is 6.08 Å². The number of rotatable bonds is 6. The van der Waals surface area contributed by atoms with Crippen LogP contribution in [0.15, 0.2) is 42.5 Å². The highest BCUT2D eigenvalue weighted by molar-refractivity contribution is 5.64. The van der Waals surface area contributed by atoms with Crippen LogP contribution in [-0.4, -0.2) is 6.29 Å². The number of carbonyl (C=O) groups excluding carboxylic acids is 1. The molecule has 0 aliphatic heterocycles. The van der Waals surface area contributed by atoms with Crippen molar-refractivity contribution in [3.05, 3.63) is 53.6 Å². The van der Waals surface area contributed by atoms with E-state index in [1.165, 1.54) is 37.7 Å². The maximum absolute atomic E-state index is 10.2. The molecule has 0 unspecified atom stereocenters. The monoisotopic (exact) mass is 293 g/mol. The van der Waals surface area contributed by atoms with Gasteiger partial charge in [0.2, 0.25) is 0 Å². The highest BCUT2D eigenvalue weighted by atomic mass is 16.1. The van der Waals surface area contributed by atoms with Crippen LogP contribution in [0, 0.1) is 23.2 Å². The van der Waals surface area contributed by atoms with Crippen LogP contribution in [0.1, 0.15) is 49.7 Å². The predicted octanol–water partition coefficient (Wildman–Crippen LogP) is 4.91. The quantitative estimate of drug-likeness (QED) is 0.552. The van der Waals surface area contributed by atoms with Crippen molar-refractivity contribution in [3.63, 3.8) is 0 Å². The summed E-state index contributed by atoms with van der Waals surface area (Å²) in [6.45, 7) is 0. The number of hydrogen-bond donors (Lipinski definition) is 0. The predicted molar refractivity (Wildman–Crippen MR) is 90.1 cm³/mol. The van der Waals surface area contributed by atoms with E-state index in [0.717, 1.165) is 18.6 Å². The Hall–Kier alpha value is -2.14. The van der Waals surface area contributed by atoms with E-state index in [2.05, 4.69) is 18.2 Å². The van der Waals surface area contributed by atoms with Crippen molar-refractivity contribution < 1.29 is 4.79 Å². The summed E-state index contributed by atoms with van der Waals surface area (Å²) in [5, 5.41) is 8.79. The Balaban J connectivity index is 1.74. The van der Waals surface area contributed by atoms with Gasteiger partial charge in [0, 0.05) is 0 Å². The van der Waals surface area contributed by atoms with E-state index in [1.807, 2.05) is 30.3 Å². The van der Waals surface area contributed by atoms with Gasteiger partial charge in [0.15, 0.2) is 0 Å². The van der Waals surface area contributed by atoms with Crippen molar-refractivity contribution in [3.8, 4) is 6.07 Å². The zero-order valence-electron chi connectivity index (χ0n) is 12.9. The molecule has 0 N–H and O–H groups in total. The van der Waals surface area contributed by atoms with Gasteiger partial charge in [0.05, 0.1) is 11.6 Å². The van der Waals surface area contributed by atoms with Crippen LogP contribution in [0.4, 0.5) is 0 Å². The van der Waals surface area contributed by atoms with Gasteiger partial charge in [-0.05, 0) is 74.1 Å². The molecule has 0 atom stereocenters. The Kier molecular flexibility index (Phi) is 6.64. The van der Waals surface area contributed by atoms with E-state index < -0.39 is 0 Å². The summed E-state index contributed by atoms with van der Waals surface area (Å²) in [6, 6.07) is 9.87. The summed E-state index contributed by atoms with van der Waals surface area (Å²) < 4.78 is 0. The van der Waals surface area contributed by atoms with Crippen molar-refractivity contribution in [2.24, 2.45) is 11.8 Å². The minimum atomic E-state index is 0.678. The van der Waals surface area contributed by atoms with Crippen molar-refractivity contribution in [1.29, 1.82) is 5.26 Å². The Morgan fingerprint density at radius 2 is 1.86 bits per heavy atom. The molecule has 0 aromatic heterocycles. The van der Waals surface area contributed by atoms with Gasteiger partial charge in [0.25, 0.3) is 0 Å². The lowest BCUT2D eigenvalue weighted by molar-refractivity contribution is -0.104. The molecule has 0 radical (unpaired) electrons. The number of nitriles is 1. The molecule has 1 fully saturated rings. The molecule has 2 nitrogen and oxygen atoms in total. The van der Waals surface area contributed by atoms with Crippen molar-refractivity contribution in [2.75, 3.05) is 0 Å². The lowest BCUT2D eigenvalue weighted by atomic mass is 9.80. The Morgan fingerprint density at radius 1 is 1.14 bits per heavy atom. The third kappa shape index (κ3) is 5.33. The molecule has 0 bridgehead atoms. The zero-order valence-corrected chi connectivity index (χ0v) is 12.9. The minimum absolute atomic E-state index is 0.678. The van der Waals surface area contributed by atoms with Gasteiger partial charge in [0.1, 0.15) is 6.29 Å². The fourth-order valence-electron chi connectivity index (χ4n) is 3.07. The first kappa shape index (κ1) is 16.2. The average molecular weight is 293 g/mol. The van der Waals surface area contributed by atoms with E-state index in [0.29, 0.717) is 11.5 Å². The Bertz CT molecular complexity index is 554. The van der Waals surface area contributed by atoms with Crippen molar-refractivity contribution in [2.45, 2.75) is 38.5 Å². The number of benzene rings is 1. The standard InChI is InChI=1S/C20H23NO/c21-16-20-13-11-19(12-14-20)10-9-18-7-5-17(6-8-18)4-2-1-3-15-22/h1,3,9-15,17-18H,2,4-8H2/b3-1?,10-9+. The highest BCUT2D eigenvalue weighted by Crippen LogP contribution is 2.32. The molecular weight excluding hydrogens is 270 g/mol. The molecule has 0 saturated heterocycles. The molecule has 1 aromatic carbocycles. The second-order valence-corrected chi connectivity index (χ2v) is 6.02. The lowest BCUT2D eigenvalue weighted by Gasteiger charge is -2.26. The average Bonchev–Trinajstić information content (AvgIpc) is 2.58. The van der Waals surface area contributed by atoms with Gasteiger partial charge >= 0.3 is 0 Å². The van der Waals surface area contributed by atoms with E-state index >= 15 is 0 Å². The summed E-state index contributed by atoms with van der Waals surface area (Å²) >= 11 is 0. The number of allylic oxidation sites excluding steroid dienone is 3. The first-order chi connectivity index (χ1) is 10.8. The number of hydrogen-bond acceptors (Lipinski definition) is 2. The molecule has 0 spiro atoms. The summed E-state index contributed by atoms with van der Waals surface area (Å²) in [5.41, 5.74) is 1.88. The first-order valence-corrected chi connectivity index (χ1v) is 8.10. The third-order valence-corrected chi connectivity index (χ3v) is 4.45. The van der Waals surface area contributed by atoms with Gasteiger partial charge in [-0.1, -0.05) is 30.4 Å².